The van der Waals surface area contributed by atoms with E-state index in [1.165, 1.54) is 30.2 Å². The molecule has 1 amide bonds. The molecule has 0 radical (unpaired) electrons. The first-order valence-electron chi connectivity index (χ1n) is 10.9. The number of nitrogens with one attached hydrogen (secondary N) is 1. The number of methoxy groups -OCH3 is 1. The van der Waals surface area contributed by atoms with Gasteiger partial charge in [-0.1, -0.05) is 36.0 Å². The molecule has 1 aliphatic rings. The molecule has 4 rings (SSSR count). The molecule has 1 aliphatic carbocycles. The number of fused-ring (bicyclic) bond motifs is 1. The number of ether oxygens (including phenoxy) is 2. The van der Waals surface area contributed by atoms with Crippen molar-refractivity contribution in [2.45, 2.75) is 44.0 Å². The Bertz CT molecular complexity index is 1190. The molecule has 1 aromatic carbocycles. The molecule has 10 heteroatoms. The van der Waals surface area contributed by atoms with Crippen LogP contribution >= 0.6 is 23.1 Å². The number of aryl methyl sites for hydroxylation is 1. The number of carbonyl (C=O) groups excluding carboxylic acids is 2. The highest BCUT2D eigenvalue weighted by molar-refractivity contribution is 7.99. The lowest BCUT2D eigenvalue weighted by molar-refractivity contribution is -0.113. The molecule has 0 saturated heterocycles. The quantitative estimate of drug-likeness (QED) is 0.246. The van der Waals surface area contributed by atoms with Crippen molar-refractivity contribution in [3.63, 3.8) is 0 Å². The van der Waals surface area contributed by atoms with Crippen LogP contribution in [0.4, 0.5) is 5.00 Å². The van der Waals surface area contributed by atoms with E-state index in [4.69, 9.17) is 9.47 Å². The predicted octanol–water partition coefficient (Wildman–Crippen LogP) is 4.67. The van der Waals surface area contributed by atoms with E-state index >= 15 is 0 Å². The smallest absolute Gasteiger partial charge is 0.341 e. The van der Waals surface area contributed by atoms with Gasteiger partial charge >= 0.3 is 5.97 Å². The third-order valence-electron chi connectivity index (χ3n) is 5.37. The lowest BCUT2D eigenvalue weighted by atomic mass is 10.1. The summed E-state index contributed by atoms with van der Waals surface area (Å²) in [5.41, 5.74) is 1.49. The second-order valence-corrected chi connectivity index (χ2v) is 9.75. The van der Waals surface area contributed by atoms with Gasteiger partial charge in [0.1, 0.15) is 10.8 Å². The number of para-hydroxylation sites is 1. The Kier molecular flexibility index (Phi) is 7.69. The summed E-state index contributed by atoms with van der Waals surface area (Å²) in [6.45, 7) is 6.21. The first-order chi connectivity index (χ1) is 16.5. The Morgan fingerprint density at radius 2 is 2.09 bits per heavy atom. The third-order valence-corrected chi connectivity index (χ3v) is 7.55. The van der Waals surface area contributed by atoms with Gasteiger partial charge in [0.05, 0.1) is 18.4 Å². The molecular weight excluding hydrogens is 472 g/mol. The van der Waals surface area contributed by atoms with E-state index in [2.05, 4.69) is 22.1 Å². The molecule has 0 bridgehead atoms. The van der Waals surface area contributed by atoms with Crippen LogP contribution in [0, 0.1) is 0 Å². The molecule has 1 atom stereocenters. The largest absolute Gasteiger partial charge is 0.483 e. The number of allylic oxidation sites excluding steroid dienone is 1. The van der Waals surface area contributed by atoms with Crippen LogP contribution in [0.3, 0.4) is 0 Å². The van der Waals surface area contributed by atoms with Gasteiger partial charge in [-0.3, -0.25) is 9.36 Å². The van der Waals surface area contributed by atoms with Crippen LogP contribution in [0.25, 0.3) is 0 Å². The zero-order valence-electron chi connectivity index (χ0n) is 19.1. The van der Waals surface area contributed by atoms with Crippen LogP contribution in [0.15, 0.2) is 48.1 Å². The molecule has 178 valence electrons. The minimum atomic E-state index is -0.412. The number of benzene rings is 1. The van der Waals surface area contributed by atoms with Crippen molar-refractivity contribution in [3.8, 4) is 5.75 Å². The van der Waals surface area contributed by atoms with Gasteiger partial charge in [-0.25, -0.2) is 4.79 Å². The fourth-order valence-corrected chi connectivity index (χ4v) is 5.92. The molecule has 34 heavy (non-hydrogen) atoms. The van der Waals surface area contributed by atoms with Crippen molar-refractivity contribution in [1.29, 1.82) is 0 Å². The fraction of sp³-hybridized carbons (Fsp3) is 0.333. The number of esters is 1. The van der Waals surface area contributed by atoms with E-state index in [1.54, 1.807) is 6.08 Å². The van der Waals surface area contributed by atoms with Crippen LogP contribution in [-0.4, -0.2) is 39.5 Å². The standard InChI is InChI=1S/C24H26N4O4S2/c1-4-13-28-21(15(2)32-16-9-6-5-7-10-16)26-27-24(28)33-14-19(29)25-22-20(23(30)31-3)17-11-8-12-18(17)34-22/h4-7,9-10,15H,1,8,11-14H2,2-3H3,(H,25,29). The van der Waals surface area contributed by atoms with Gasteiger partial charge in [-0.05, 0) is 43.9 Å². The molecule has 1 N–H and O–H groups in total. The van der Waals surface area contributed by atoms with E-state index in [0.717, 1.165) is 35.5 Å². The highest BCUT2D eigenvalue weighted by atomic mass is 32.2. The number of nitrogens with zero attached hydrogens (tertiary/aromatic N) is 3. The predicted molar refractivity (Wildman–Crippen MR) is 133 cm³/mol. The van der Waals surface area contributed by atoms with Gasteiger partial charge in [-0.15, -0.1) is 28.1 Å². The van der Waals surface area contributed by atoms with E-state index in [1.807, 2.05) is 41.8 Å². The van der Waals surface area contributed by atoms with Crippen LogP contribution < -0.4 is 10.1 Å². The number of thioether (sulfide) groups is 1. The van der Waals surface area contributed by atoms with Gasteiger partial charge in [0.25, 0.3) is 0 Å². The summed E-state index contributed by atoms with van der Waals surface area (Å²) in [5.74, 6) is 0.866. The molecule has 1 unspecified atom stereocenters. The first-order valence-corrected chi connectivity index (χ1v) is 12.7. The van der Waals surface area contributed by atoms with Crippen molar-refractivity contribution >= 4 is 40.0 Å². The average Bonchev–Trinajstić information content (AvgIpc) is 3.53. The van der Waals surface area contributed by atoms with Gasteiger partial charge in [0, 0.05) is 11.4 Å². The number of thiophene rings is 1. The Labute approximate surface area is 206 Å². The lowest BCUT2D eigenvalue weighted by Crippen LogP contribution is -2.17. The minimum absolute atomic E-state index is 0.117. The van der Waals surface area contributed by atoms with Crippen molar-refractivity contribution < 1.29 is 19.1 Å². The molecule has 0 aliphatic heterocycles. The third kappa shape index (κ3) is 5.18. The maximum atomic E-state index is 12.7. The average molecular weight is 499 g/mol. The number of hydrogen-bond acceptors (Lipinski definition) is 8. The number of amides is 1. The maximum Gasteiger partial charge on any atom is 0.341 e. The second kappa shape index (κ2) is 10.9. The highest BCUT2D eigenvalue weighted by Crippen LogP contribution is 2.39. The summed E-state index contributed by atoms with van der Waals surface area (Å²) in [5, 5.41) is 12.6. The summed E-state index contributed by atoms with van der Waals surface area (Å²) < 4.78 is 12.8. The van der Waals surface area contributed by atoms with Crippen LogP contribution in [-0.2, 0) is 28.9 Å². The number of carbonyl (C=O) groups is 2. The van der Waals surface area contributed by atoms with Crippen LogP contribution in [0.1, 0.15) is 46.1 Å². The Hall–Kier alpha value is -3.11. The first kappa shape index (κ1) is 24.0. The lowest BCUT2D eigenvalue weighted by Gasteiger charge is -2.15. The highest BCUT2D eigenvalue weighted by Gasteiger charge is 2.28. The van der Waals surface area contributed by atoms with E-state index in [9.17, 15) is 9.59 Å². The summed E-state index contributed by atoms with van der Waals surface area (Å²) in [6.07, 6.45) is 4.18. The molecular formula is C24H26N4O4S2. The molecule has 0 saturated carbocycles. The normalized spacial score (nSPS) is 13.2. The van der Waals surface area contributed by atoms with Crippen molar-refractivity contribution in [2.24, 2.45) is 0 Å². The minimum Gasteiger partial charge on any atom is -0.483 e. The molecule has 3 aromatic rings. The molecule has 8 nitrogen and oxygen atoms in total. The number of aromatic nitrogens is 3. The molecule has 0 fully saturated rings. The Morgan fingerprint density at radius 1 is 1.29 bits per heavy atom. The molecule has 0 spiro atoms. The maximum absolute atomic E-state index is 12.7. The van der Waals surface area contributed by atoms with E-state index in [0.29, 0.717) is 28.1 Å². The second-order valence-electron chi connectivity index (χ2n) is 7.70. The fourth-order valence-electron chi connectivity index (χ4n) is 3.87. The van der Waals surface area contributed by atoms with E-state index in [-0.39, 0.29) is 17.8 Å². The van der Waals surface area contributed by atoms with E-state index < -0.39 is 5.97 Å². The number of anilines is 1. The molecule has 2 heterocycles. The Morgan fingerprint density at radius 3 is 2.82 bits per heavy atom. The summed E-state index contributed by atoms with van der Waals surface area (Å²) >= 11 is 2.73. The molecule has 2 aromatic heterocycles. The van der Waals surface area contributed by atoms with Gasteiger partial charge in [-0.2, -0.15) is 0 Å². The van der Waals surface area contributed by atoms with Crippen molar-refractivity contribution in [2.75, 3.05) is 18.2 Å². The monoisotopic (exact) mass is 498 g/mol. The summed E-state index contributed by atoms with van der Waals surface area (Å²) in [7, 11) is 1.36. The summed E-state index contributed by atoms with van der Waals surface area (Å²) in [6, 6.07) is 9.51. The number of hydrogen-bond donors (Lipinski definition) is 1. The number of rotatable bonds is 10. The van der Waals surface area contributed by atoms with Crippen molar-refractivity contribution in [1.82, 2.24) is 14.8 Å². The SMILES string of the molecule is C=CCn1c(SCC(=O)Nc2sc3c(c2C(=O)OC)CCC3)nnc1C(C)Oc1ccccc1. The van der Waals surface area contributed by atoms with Gasteiger partial charge in [0.15, 0.2) is 17.1 Å². The zero-order chi connectivity index (χ0) is 24.1. The topological polar surface area (TPSA) is 95.3 Å². The van der Waals surface area contributed by atoms with Gasteiger partial charge in [0.2, 0.25) is 5.91 Å². The van der Waals surface area contributed by atoms with Crippen LogP contribution in [0.2, 0.25) is 0 Å². The van der Waals surface area contributed by atoms with Crippen LogP contribution in [0.5, 0.6) is 5.75 Å². The summed E-state index contributed by atoms with van der Waals surface area (Å²) in [4.78, 5) is 26.2. The van der Waals surface area contributed by atoms with Gasteiger partial charge < -0.3 is 14.8 Å². The Balaban J connectivity index is 1.44. The zero-order valence-corrected chi connectivity index (χ0v) is 20.7. The van der Waals surface area contributed by atoms with Crippen molar-refractivity contribution in [3.05, 3.63) is 64.8 Å².